The molecule has 5 aromatic carbocycles. The number of hydrogen-bond acceptors (Lipinski definition) is 8. The standard InChI is InChI=1S/C34H20Cl2N6O6/c1-45-17-7-3-15(4-8-17)41-23-13-25-21(11-19(23)39-33(41)43)37-29-28(36)32-30(27(35)31(29)47-25)38-22-12-20-24(14-26(22)48-32)42(34(44)40-20)16-5-9-18(46-2)10-6-16/h3-14H,1-2H3,(H,39,43)(H,40,44). The van der Waals surface area contributed by atoms with Crippen molar-refractivity contribution in [2.24, 2.45) is 9.98 Å². The number of hydrogen-bond donors (Lipinski definition) is 2. The molecule has 0 unspecified atom stereocenters. The van der Waals surface area contributed by atoms with Gasteiger partial charge in [-0.3, -0.25) is 9.13 Å². The maximum Gasteiger partial charge on any atom is 0.331 e. The van der Waals surface area contributed by atoms with E-state index in [4.69, 9.17) is 52.1 Å². The van der Waals surface area contributed by atoms with Crippen molar-refractivity contribution in [3.8, 4) is 45.9 Å². The molecule has 4 heterocycles. The second-order valence-electron chi connectivity index (χ2n) is 11.0. The molecule has 0 atom stereocenters. The monoisotopic (exact) mass is 678 g/mol. The van der Waals surface area contributed by atoms with Crippen molar-refractivity contribution in [2.75, 3.05) is 14.2 Å². The minimum atomic E-state index is -0.333. The SMILES string of the molecule is COc1ccc(-n2c(=O)[nH]c3cc4c(cc32)Oc2c(Cl)c3c(c(Cl)c2=N4)Oc2cc4c(cc2N=3)[nH]c(=O)n4-c2ccc(OC)cc2)cc1. The number of H-pyrrole nitrogens is 2. The van der Waals surface area contributed by atoms with E-state index in [0.29, 0.717) is 67.8 Å². The molecule has 2 aliphatic heterocycles. The lowest BCUT2D eigenvalue weighted by Gasteiger charge is -2.21. The van der Waals surface area contributed by atoms with E-state index in [1.807, 2.05) is 0 Å². The zero-order valence-electron chi connectivity index (χ0n) is 24.9. The van der Waals surface area contributed by atoms with Gasteiger partial charge in [-0.1, -0.05) is 23.2 Å². The Labute approximate surface area is 278 Å². The fourth-order valence-corrected chi connectivity index (χ4v) is 6.54. The van der Waals surface area contributed by atoms with Crippen molar-refractivity contribution >= 4 is 56.6 Å². The zero-order chi connectivity index (χ0) is 32.8. The predicted octanol–water partition coefficient (Wildman–Crippen LogP) is 6.39. The number of rotatable bonds is 4. The van der Waals surface area contributed by atoms with E-state index in [2.05, 4.69) is 9.97 Å². The number of aromatic nitrogens is 4. The fraction of sp³-hybridized carbons (Fsp3) is 0.0588. The van der Waals surface area contributed by atoms with Crippen LogP contribution in [0, 0.1) is 0 Å². The zero-order valence-corrected chi connectivity index (χ0v) is 26.4. The first-order valence-electron chi connectivity index (χ1n) is 14.5. The van der Waals surface area contributed by atoms with Crippen LogP contribution in [0.4, 0.5) is 11.4 Å². The van der Waals surface area contributed by atoms with E-state index in [1.54, 1.807) is 87.0 Å². The first-order chi connectivity index (χ1) is 23.3. The molecule has 0 amide bonds. The van der Waals surface area contributed by atoms with Crippen LogP contribution < -0.4 is 41.0 Å². The van der Waals surface area contributed by atoms with Crippen molar-refractivity contribution in [3.05, 3.63) is 115 Å². The van der Waals surface area contributed by atoms with Crippen LogP contribution in [0.25, 0.3) is 33.4 Å². The lowest BCUT2D eigenvalue weighted by molar-refractivity contribution is 0.414. The molecule has 0 saturated carbocycles. The average molecular weight is 679 g/mol. The average Bonchev–Trinajstić information content (AvgIpc) is 3.60. The summed E-state index contributed by atoms with van der Waals surface area (Å²) in [6, 6.07) is 21.1. The third-order valence-electron chi connectivity index (χ3n) is 8.32. The second-order valence-corrected chi connectivity index (χ2v) is 11.8. The van der Waals surface area contributed by atoms with Crippen LogP contribution >= 0.6 is 23.2 Å². The van der Waals surface area contributed by atoms with E-state index in [1.165, 1.54) is 9.13 Å². The summed E-state index contributed by atoms with van der Waals surface area (Å²) >= 11 is 13.8. The van der Waals surface area contributed by atoms with E-state index < -0.39 is 0 Å². The number of imidazole rings is 2. The Morgan fingerprint density at radius 1 is 0.625 bits per heavy atom. The van der Waals surface area contributed by atoms with Crippen LogP contribution in [0.15, 0.2) is 92.4 Å². The van der Waals surface area contributed by atoms with Crippen LogP contribution in [-0.2, 0) is 0 Å². The number of methoxy groups -OCH3 is 2. The van der Waals surface area contributed by atoms with E-state index in [9.17, 15) is 9.59 Å². The van der Waals surface area contributed by atoms with Gasteiger partial charge in [0.05, 0.1) is 47.7 Å². The van der Waals surface area contributed by atoms with Gasteiger partial charge in [-0.15, -0.1) is 0 Å². The maximum atomic E-state index is 13.0. The molecule has 0 radical (unpaired) electrons. The number of nitrogens with zero attached hydrogens (tertiary/aromatic N) is 4. The molecule has 0 aliphatic carbocycles. The van der Waals surface area contributed by atoms with Crippen LogP contribution in [0.2, 0.25) is 10.0 Å². The van der Waals surface area contributed by atoms with Gasteiger partial charge < -0.3 is 28.9 Å². The normalized spacial score (nSPS) is 12.6. The molecule has 2 N–H and O–H groups in total. The van der Waals surface area contributed by atoms with Crippen molar-refractivity contribution in [3.63, 3.8) is 0 Å². The Hall–Kier alpha value is -5.98. The number of aromatic amines is 2. The van der Waals surface area contributed by atoms with Gasteiger partial charge in [-0.2, -0.15) is 0 Å². The van der Waals surface area contributed by atoms with Gasteiger partial charge in [0.15, 0.2) is 23.0 Å². The third kappa shape index (κ3) is 4.09. The first kappa shape index (κ1) is 28.3. The van der Waals surface area contributed by atoms with Crippen molar-refractivity contribution in [2.45, 2.75) is 0 Å². The van der Waals surface area contributed by atoms with Crippen molar-refractivity contribution in [1.29, 1.82) is 0 Å². The smallest absolute Gasteiger partial charge is 0.331 e. The maximum absolute atomic E-state index is 13.0. The molecule has 0 spiro atoms. The van der Waals surface area contributed by atoms with Crippen molar-refractivity contribution in [1.82, 2.24) is 19.1 Å². The van der Waals surface area contributed by atoms with Gasteiger partial charge in [0.1, 0.15) is 43.6 Å². The highest BCUT2D eigenvalue weighted by molar-refractivity contribution is 6.35. The topological polar surface area (TPSA) is 137 Å². The Bertz CT molecular complexity index is 2570. The summed E-state index contributed by atoms with van der Waals surface area (Å²) in [5.41, 5.74) is 3.71. The second kappa shape index (κ2) is 10.3. The fourth-order valence-electron chi connectivity index (χ4n) is 6.03. The minimum absolute atomic E-state index is 0.135. The van der Waals surface area contributed by atoms with Crippen LogP contribution in [-0.4, -0.2) is 33.3 Å². The summed E-state index contributed by atoms with van der Waals surface area (Å²) in [5, 5.41) is 0.771. The van der Waals surface area contributed by atoms with E-state index in [-0.39, 0.29) is 43.6 Å². The number of nitrogens with one attached hydrogen (secondary N) is 2. The number of halogens is 2. The predicted molar refractivity (Wildman–Crippen MR) is 179 cm³/mol. The molecule has 236 valence electrons. The van der Waals surface area contributed by atoms with Crippen LogP contribution in [0.1, 0.15) is 0 Å². The number of fused-ring (bicyclic) bond motifs is 6. The van der Waals surface area contributed by atoms with Gasteiger partial charge in [0.2, 0.25) is 0 Å². The summed E-state index contributed by atoms with van der Waals surface area (Å²) in [6.45, 7) is 0. The molecule has 7 aromatic rings. The lowest BCUT2D eigenvalue weighted by Crippen LogP contribution is -2.22. The van der Waals surface area contributed by atoms with Gasteiger partial charge in [0.25, 0.3) is 0 Å². The molecule has 0 saturated heterocycles. The molecule has 2 aliphatic rings. The molecule has 14 heteroatoms. The Morgan fingerprint density at radius 3 is 1.40 bits per heavy atom. The summed E-state index contributed by atoms with van der Waals surface area (Å²) in [5.74, 6) is 2.45. The summed E-state index contributed by atoms with van der Waals surface area (Å²) in [4.78, 5) is 41.4. The molecule has 0 fully saturated rings. The summed E-state index contributed by atoms with van der Waals surface area (Å²) < 4.78 is 26.2. The molecule has 9 rings (SSSR count). The van der Waals surface area contributed by atoms with Crippen molar-refractivity contribution < 1.29 is 18.9 Å². The molecular formula is C34H20Cl2N6O6. The van der Waals surface area contributed by atoms with Gasteiger partial charge in [-0.25, -0.2) is 19.6 Å². The number of ether oxygens (including phenoxy) is 4. The lowest BCUT2D eigenvalue weighted by atomic mass is 10.2. The Morgan fingerprint density at radius 2 is 1.02 bits per heavy atom. The quantitative estimate of drug-likeness (QED) is 0.221. The number of benzene rings is 5. The molecular weight excluding hydrogens is 659 g/mol. The molecule has 48 heavy (non-hydrogen) atoms. The Kier molecular flexibility index (Phi) is 6.04. The van der Waals surface area contributed by atoms with Crippen LogP contribution in [0.3, 0.4) is 0 Å². The minimum Gasteiger partial charge on any atom is -0.497 e. The summed E-state index contributed by atoms with van der Waals surface area (Å²) in [7, 11) is 3.15. The highest BCUT2D eigenvalue weighted by atomic mass is 35.5. The largest absolute Gasteiger partial charge is 0.497 e. The molecule has 0 bridgehead atoms. The van der Waals surface area contributed by atoms with Gasteiger partial charge in [0, 0.05) is 12.1 Å². The van der Waals surface area contributed by atoms with Gasteiger partial charge in [-0.05, 0) is 60.7 Å². The van der Waals surface area contributed by atoms with Crippen LogP contribution in [0.5, 0.6) is 34.5 Å². The molecule has 12 nitrogen and oxygen atoms in total. The molecule has 2 aromatic heterocycles. The highest BCUT2D eigenvalue weighted by Crippen LogP contribution is 2.44. The van der Waals surface area contributed by atoms with E-state index >= 15 is 0 Å². The third-order valence-corrected chi connectivity index (χ3v) is 9.02. The Balaban J connectivity index is 1.17. The van der Waals surface area contributed by atoms with E-state index in [0.717, 1.165) is 0 Å². The first-order valence-corrected chi connectivity index (χ1v) is 15.3. The highest BCUT2D eigenvalue weighted by Gasteiger charge is 2.28. The summed E-state index contributed by atoms with van der Waals surface area (Å²) in [6.07, 6.45) is 0. The van der Waals surface area contributed by atoms with Gasteiger partial charge >= 0.3 is 11.4 Å².